The van der Waals surface area contributed by atoms with E-state index >= 15 is 0 Å². The van der Waals surface area contributed by atoms with Crippen molar-refractivity contribution >= 4 is 11.8 Å². The molecule has 2 amide bonds. The van der Waals surface area contributed by atoms with Crippen LogP contribution in [0.15, 0.2) is 18.2 Å². The van der Waals surface area contributed by atoms with Gasteiger partial charge in [-0.15, -0.1) is 0 Å². The molecule has 0 spiro atoms. The smallest absolute Gasteiger partial charge is 0.257 e. The summed E-state index contributed by atoms with van der Waals surface area (Å²) in [4.78, 5) is 28.8. The van der Waals surface area contributed by atoms with Gasteiger partial charge in [-0.25, -0.2) is 0 Å². The van der Waals surface area contributed by atoms with Crippen molar-refractivity contribution in [1.82, 2.24) is 9.80 Å². The van der Waals surface area contributed by atoms with Gasteiger partial charge < -0.3 is 19.3 Å². The predicted molar refractivity (Wildman–Crippen MR) is 82.6 cm³/mol. The molecule has 1 aromatic rings. The fraction of sp³-hybridized carbons (Fsp3) is 0.529. The normalized spacial score (nSPS) is 26.2. The Morgan fingerprint density at radius 2 is 2.04 bits per heavy atom. The minimum atomic E-state index is -0.0720. The first-order chi connectivity index (χ1) is 11.1. The van der Waals surface area contributed by atoms with E-state index in [1.807, 2.05) is 19.2 Å². The Balaban J connectivity index is 1.58. The van der Waals surface area contributed by atoms with Gasteiger partial charge in [0.05, 0.1) is 11.5 Å². The highest BCUT2D eigenvalue weighted by Gasteiger charge is 2.43. The van der Waals surface area contributed by atoms with E-state index in [1.54, 1.807) is 15.9 Å². The number of para-hydroxylation sites is 1. The Bertz CT molecular complexity index is 660. The highest BCUT2D eigenvalue weighted by molar-refractivity contribution is 5.98. The molecule has 0 N–H and O–H groups in total. The molecular weight excluding hydrogens is 296 g/mol. The van der Waals surface area contributed by atoms with Crippen LogP contribution in [-0.4, -0.2) is 61.5 Å². The summed E-state index contributed by atoms with van der Waals surface area (Å²) in [7, 11) is 1.84. The molecule has 0 aliphatic carbocycles. The zero-order valence-corrected chi connectivity index (χ0v) is 13.2. The van der Waals surface area contributed by atoms with Gasteiger partial charge in [0.15, 0.2) is 11.5 Å². The molecule has 0 unspecified atom stereocenters. The van der Waals surface area contributed by atoms with Crippen molar-refractivity contribution < 1.29 is 19.1 Å². The number of benzene rings is 1. The number of fused-ring (bicyclic) bond motifs is 2. The van der Waals surface area contributed by atoms with Crippen LogP contribution >= 0.6 is 0 Å². The minimum Gasteiger partial charge on any atom is -0.486 e. The number of piperidine rings is 1. The van der Waals surface area contributed by atoms with Crippen molar-refractivity contribution in [2.45, 2.75) is 6.42 Å². The van der Waals surface area contributed by atoms with Gasteiger partial charge in [-0.1, -0.05) is 6.07 Å². The van der Waals surface area contributed by atoms with Gasteiger partial charge >= 0.3 is 0 Å². The minimum absolute atomic E-state index is 0.0607. The fourth-order valence-electron chi connectivity index (χ4n) is 3.77. The Kier molecular flexibility index (Phi) is 3.39. The number of likely N-dealkylation sites (tertiary alicyclic amines) is 2. The van der Waals surface area contributed by atoms with Gasteiger partial charge in [-0.05, 0) is 24.5 Å². The number of hydrogen-bond donors (Lipinski definition) is 0. The Morgan fingerprint density at radius 1 is 1.22 bits per heavy atom. The van der Waals surface area contributed by atoms with Gasteiger partial charge in [0.25, 0.3) is 5.91 Å². The molecular formula is C17H20N2O4. The van der Waals surface area contributed by atoms with E-state index in [9.17, 15) is 9.59 Å². The standard InChI is InChI=1S/C17H20N2O4/c1-18-6-5-11-9-19(10-13(11)16(18)20)17(21)12-3-2-4-14-15(12)23-8-7-22-14/h2-4,11,13H,5-10H2,1H3/t11-,13+/m1/s1. The van der Waals surface area contributed by atoms with Crippen molar-refractivity contribution in [3.8, 4) is 11.5 Å². The molecule has 2 fully saturated rings. The van der Waals surface area contributed by atoms with Gasteiger partial charge in [0.1, 0.15) is 13.2 Å². The van der Waals surface area contributed by atoms with Crippen LogP contribution < -0.4 is 9.47 Å². The lowest BCUT2D eigenvalue weighted by atomic mass is 9.88. The maximum absolute atomic E-state index is 12.9. The van der Waals surface area contributed by atoms with Crippen molar-refractivity contribution in [2.24, 2.45) is 11.8 Å². The van der Waals surface area contributed by atoms with E-state index < -0.39 is 0 Å². The molecule has 6 heteroatoms. The molecule has 0 radical (unpaired) electrons. The SMILES string of the molecule is CN1CC[C@@H]2CN(C(=O)c3cccc4c3OCCO4)C[C@@H]2C1=O. The van der Waals surface area contributed by atoms with Crippen molar-refractivity contribution in [2.75, 3.05) is 39.9 Å². The summed E-state index contributed by atoms with van der Waals surface area (Å²) in [5.74, 6) is 1.45. The van der Waals surface area contributed by atoms with Crippen LogP contribution in [-0.2, 0) is 4.79 Å². The zero-order chi connectivity index (χ0) is 16.0. The maximum atomic E-state index is 12.9. The first-order valence-corrected chi connectivity index (χ1v) is 8.08. The molecule has 3 heterocycles. The third-order valence-corrected chi connectivity index (χ3v) is 5.05. The second-order valence-electron chi connectivity index (χ2n) is 6.45. The third kappa shape index (κ3) is 2.33. The molecule has 122 valence electrons. The molecule has 2 saturated heterocycles. The molecule has 4 rings (SSSR count). The topological polar surface area (TPSA) is 59.1 Å². The Labute approximate surface area is 134 Å². The van der Waals surface area contributed by atoms with Crippen LogP contribution in [0.1, 0.15) is 16.8 Å². The monoisotopic (exact) mass is 316 g/mol. The highest BCUT2D eigenvalue weighted by Crippen LogP contribution is 2.37. The molecule has 6 nitrogen and oxygen atoms in total. The average Bonchev–Trinajstić information content (AvgIpc) is 3.02. The van der Waals surface area contributed by atoms with Crippen molar-refractivity contribution in [3.63, 3.8) is 0 Å². The fourth-order valence-corrected chi connectivity index (χ4v) is 3.77. The van der Waals surface area contributed by atoms with Crippen LogP contribution in [0, 0.1) is 11.8 Å². The summed E-state index contributed by atoms with van der Waals surface area (Å²) < 4.78 is 11.2. The van der Waals surface area contributed by atoms with E-state index in [2.05, 4.69) is 0 Å². The Hall–Kier alpha value is -2.24. The van der Waals surface area contributed by atoms with Crippen molar-refractivity contribution in [3.05, 3.63) is 23.8 Å². The van der Waals surface area contributed by atoms with E-state index in [1.165, 1.54) is 0 Å². The summed E-state index contributed by atoms with van der Waals surface area (Å²) >= 11 is 0. The summed E-state index contributed by atoms with van der Waals surface area (Å²) in [6, 6.07) is 5.39. The van der Waals surface area contributed by atoms with E-state index in [0.717, 1.165) is 13.0 Å². The molecule has 0 bridgehead atoms. The van der Waals surface area contributed by atoms with Crippen LogP contribution in [0.3, 0.4) is 0 Å². The van der Waals surface area contributed by atoms with Gasteiger partial charge in [-0.3, -0.25) is 9.59 Å². The summed E-state index contributed by atoms with van der Waals surface area (Å²) in [5, 5.41) is 0. The summed E-state index contributed by atoms with van der Waals surface area (Å²) in [6.45, 7) is 2.87. The first-order valence-electron chi connectivity index (χ1n) is 8.08. The third-order valence-electron chi connectivity index (χ3n) is 5.05. The molecule has 0 saturated carbocycles. The average molecular weight is 316 g/mol. The second kappa shape index (κ2) is 5.44. The number of hydrogen-bond acceptors (Lipinski definition) is 4. The van der Waals surface area contributed by atoms with E-state index in [0.29, 0.717) is 43.4 Å². The van der Waals surface area contributed by atoms with E-state index in [-0.39, 0.29) is 23.7 Å². The largest absolute Gasteiger partial charge is 0.486 e. The van der Waals surface area contributed by atoms with Gasteiger partial charge in [0, 0.05) is 26.7 Å². The summed E-state index contributed by atoms with van der Waals surface area (Å²) in [6.07, 6.45) is 0.962. The van der Waals surface area contributed by atoms with Crippen molar-refractivity contribution in [1.29, 1.82) is 0 Å². The summed E-state index contributed by atoms with van der Waals surface area (Å²) in [5.41, 5.74) is 0.529. The zero-order valence-electron chi connectivity index (χ0n) is 13.2. The first kappa shape index (κ1) is 14.4. The van der Waals surface area contributed by atoms with Crippen LogP contribution in [0.4, 0.5) is 0 Å². The molecule has 2 atom stereocenters. The molecule has 1 aromatic carbocycles. The van der Waals surface area contributed by atoms with Crippen LogP contribution in [0.25, 0.3) is 0 Å². The number of carbonyl (C=O) groups excluding carboxylic acids is 2. The van der Waals surface area contributed by atoms with E-state index in [4.69, 9.17) is 9.47 Å². The number of rotatable bonds is 1. The quantitative estimate of drug-likeness (QED) is 0.776. The number of amides is 2. The number of carbonyl (C=O) groups is 2. The highest BCUT2D eigenvalue weighted by atomic mass is 16.6. The van der Waals surface area contributed by atoms with Gasteiger partial charge in [-0.2, -0.15) is 0 Å². The Morgan fingerprint density at radius 3 is 2.91 bits per heavy atom. The molecule has 23 heavy (non-hydrogen) atoms. The predicted octanol–water partition coefficient (Wildman–Crippen LogP) is 1.01. The second-order valence-corrected chi connectivity index (χ2v) is 6.45. The maximum Gasteiger partial charge on any atom is 0.257 e. The lowest BCUT2D eigenvalue weighted by molar-refractivity contribution is -0.137. The molecule has 3 aliphatic heterocycles. The number of ether oxygens (including phenoxy) is 2. The molecule has 3 aliphatic rings. The molecule has 0 aromatic heterocycles. The van der Waals surface area contributed by atoms with Crippen LogP contribution in [0.5, 0.6) is 11.5 Å². The van der Waals surface area contributed by atoms with Gasteiger partial charge in [0.2, 0.25) is 5.91 Å². The lowest BCUT2D eigenvalue weighted by Crippen LogP contribution is -2.42. The van der Waals surface area contributed by atoms with Crippen LogP contribution in [0.2, 0.25) is 0 Å². The lowest BCUT2D eigenvalue weighted by Gasteiger charge is -2.30. The number of nitrogens with zero attached hydrogens (tertiary/aromatic N) is 2.